The highest BCUT2D eigenvalue weighted by atomic mass is 16.2. The quantitative estimate of drug-likeness (QED) is 0.780. The van der Waals surface area contributed by atoms with Gasteiger partial charge in [-0.05, 0) is 24.8 Å². The number of likely N-dealkylation sites (N-methyl/N-ethyl adjacent to an activating group) is 1. The summed E-state index contributed by atoms with van der Waals surface area (Å²) in [5, 5.41) is 0. The van der Waals surface area contributed by atoms with Crippen LogP contribution in [-0.2, 0) is 11.2 Å². The molecule has 1 aromatic rings. The predicted molar refractivity (Wildman–Crippen MR) is 69.7 cm³/mol. The van der Waals surface area contributed by atoms with E-state index < -0.39 is 0 Å². The molecular formula is C15H21NO. The van der Waals surface area contributed by atoms with Crippen molar-refractivity contribution in [1.29, 1.82) is 0 Å². The lowest BCUT2D eigenvalue weighted by atomic mass is 9.96. The summed E-state index contributed by atoms with van der Waals surface area (Å²) in [6, 6.07) is 10.8. The zero-order chi connectivity index (χ0) is 12.3. The second-order valence-electron chi connectivity index (χ2n) is 5.01. The number of likely N-dealkylation sites (tertiary alicyclic amines) is 1. The smallest absolute Gasteiger partial charge is 0.225 e. The Morgan fingerprint density at radius 1 is 1.29 bits per heavy atom. The van der Waals surface area contributed by atoms with Gasteiger partial charge in [0.05, 0.1) is 0 Å². The summed E-state index contributed by atoms with van der Waals surface area (Å²) < 4.78 is 0. The molecule has 0 bridgehead atoms. The van der Waals surface area contributed by atoms with Gasteiger partial charge >= 0.3 is 0 Å². The molecule has 0 spiro atoms. The Morgan fingerprint density at radius 3 is 2.65 bits per heavy atom. The number of amides is 1. The SMILES string of the molecule is CCCC1C[C@H](Cc2ccccc2)N(C)C1=O. The van der Waals surface area contributed by atoms with Crippen LogP contribution in [0.3, 0.4) is 0 Å². The van der Waals surface area contributed by atoms with Crippen LogP contribution in [0.25, 0.3) is 0 Å². The fourth-order valence-corrected chi connectivity index (χ4v) is 2.75. The minimum absolute atomic E-state index is 0.263. The van der Waals surface area contributed by atoms with E-state index in [0.717, 1.165) is 25.7 Å². The number of carbonyl (C=O) groups is 1. The summed E-state index contributed by atoms with van der Waals surface area (Å²) in [5.41, 5.74) is 1.33. The summed E-state index contributed by atoms with van der Waals surface area (Å²) >= 11 is 0. The molecule has 1 unspecified atom stereocenters. The molecule has 1 aromatic carbocycles. The van der Waals surface area contributed by atoms with Crippen molar-refractivity contribution in [2.45, 2.75) is 38.6 Å². The number of nitrogens with zero attached hydrogens (tertiary/aromatic N) is 1. The Bertz CT molecular complexity index is 374. The van der Waals surface area contributed by atoms with Crippen LogP contribution >= 0.6 is 0 Å². The third-order valence-corrected chi connectivity index (χ3v) is 3.75. The minimum Gasteiger partial charge on any atom is -0.342 e. The van der Waals surface area contributed by atoms with Crippen LogP contribution in [0, 0.1) is 5.92 Å². The highest BCUT2D eigenvalue weighted by molar-refractivity contribution is 5.81. The molecule has 2 rings (SSSR count). The van der Waals surface area contributed by atoms with Gasteiger partial charge in [0.2, 0.25) is 5.91 Å². The number of hydrogen-bond acceptors (Lipinski definition) is 1. The van der Waals surface area contributed by atoms with Gasteiger partial charge in [0.1, 0.15) is 0 Å². The molecule has 2 nitrogen and oxygen atoms in total. The molecule has 0 aromatic heterocycles. The maximum atomic E-state index is 12.0. The molecule has 0 aliphatic carbocycles. The Kier molecular flexibility index (Phi) is 3.82. The monoisotopic (exact) mass is 231 g/mol. The van der Waals surface area contributed by atoms with Crippen molar-refractivity contribution in [3.63, 3.8) is 0 Å². The molecule has 0 N–H and O–H groups in total. The lowest BCUT2D eigenvalue weighted by Crippen LogP contribution is -2.31. The summed E-state index contributed by atoms with van der Waals surface area (Å²) in [6.07, 6.45) is 4.15. The Hall–Kier alpha value is -1.31. The number of hydrogen-bond donors (Lipinski definition) is 0. The predicted octanol–water partition coefficient (Wildman–Crippen LogP) is 2.88. The van der Waals surface area contributed by atoms with Gasteiger partial charge in [0, 0.05) is 19.0 Å². The van der Waals surface area contributed by atoms with Crippen LogP contribution < -0.4 is 0 Å². The Labute approximate surface area is 104 Å². The molecule has 1 fully saturated rings. The average Bonchev–Trinajstić information content (AvgIpc) is 2.60. The first-order valence-electron chi connectivity index (χ1n) is 6.53. The van der Waals surface area contributed by atoms with Crippen LogP contribution in [0.4, 0.5) is 0 Å². The van der Waals surface area contributed by atoms with Crippen LogP contribution in [0.2, 0.25) is 0 Å². The van der Waals surface area contributed by atoms with Crippen LogP contribution in [-0.4, -0.2) is 23.9 Å². The Morgan fingerprint density at radius 2 is 2.00 bits per heavy atom. The molecule has 92 valence electrons. The average molecular weight is 231 g/mol. The maximum absolute atomic E-state index is 12.0. The topological polar surface area (TPSA) is 20.3 Å². The highest BCUT2D eigenvalue weighted by Gasteiger charge is 2.35. The van der Waals surface area contributed by atoms with Crippen molar-refractivity contribution in [1.82, 2.24) is 4.90 Å². The molecule has 17 heavy (non-hydrogen) atoms. The maximum Gasteiger partial charge on any atom is 0.225 e. The van der Waals surface area contributed by atoms with E-state index in [9.17, 15) is 4.79 Å². The van der Waals surface area contributed by atoms with Gasteiger partial charge in [-0.3, -0.25) is 4.79 Å². The summed E-state index contributed by atoms with van der Waals surface area (Å²) in [6.45, 7) is 2.15. The van der Waals surface area contributed by atoms with Gasteiger partial charge in [-0.25, -0.2) is 0 Å². The zero-order valence-electron chi connectivity index (χ0n) is 10.7. The first-order valence-corrected chi connectivity index (χ1v) is 6.53. The van der Waals surface area contributed by atoms with Gasteiger partial charge in [-0.1, -0.05) is 43.7 Å². The second-order valence-corrected chi connectivity index (χ2v) is 5.01. The molecule has 0 radical (unpaired) electrons. The third kappa shape index (κ3) is 2.68. The number of carbonyl (C=O) groups excluding carboxylic acids is 1. The zero-order valence-corrected chi connectivity index (χ0v) is 10.7. The van der Waals surface area contributed by atoms with Crippen LogP contribution in [0.5, 0.6) is 0 Å². The van der Waals surface area contributed by atoms with Gasteiger partial charge < -0.3 is 4.90 Å². The first kappa shape index (κ1) is 12.2. The van der Waals surface area contributed by atoms with Crippen molar-refractivity contribution >= 4 is 5.91 Å². The van der Waals surface area contributed by atoms with E-state index in [1.165, 1.54) is 5.56 Å². The van der Waals surface area contributed by atoms with E-state index >= 15 is 0 Å². The van der Waals surface area contributed by atoms with E-state index in [1.54, 1.807) is 0 Å². The number of benzene rings is 1. The lowest BCUT2D eigenvalue weighted by Gasteiger charge is -2.19. The van der Waals surface area contributed by atoms with Crippen LogP contribution in [0.1, 0.15) is 31.7 Å². The van der Waals surface area contributed by atoms with E-state index in [-0.39, 0.29) is 5.92 Å². The molecule has 2 heteroatoms. The van der Waals surface area contributed by atoms with Gasteiger partial charge in [-0.15, -0.1) is 0 Å². The molecule has 1 saturated heterocycles. The van der Waals surface area contributed by atoms with Gasteiger partial charge in [0.15, 0.2) is 0 Å². The summed E-state index contributed by atoms with van der Waals surface area (Å²) in [4.78, 5) is 14.0. The minimum atomic E-state index is 0.263. The highest BCUT2D eigenvalue weighted by Crippen LogP contribution is 2.28. The van der Waals surface area contributed by atoms with Crippen molar-refractivity contribution < 1.29 is 4.79 Å². The van der Waals surface area contributed by atoms with Gasteiger partial charge in [-0.2, -0.15) is 0 Å². The van der Waals surface area contributed by atoms with Crippen molar-refractivity contribution in [2.75, 3.05) is 7.05 Å². The van der Waals surface area contributed by atoms with Crippen LogP contribution in [0.15, 0.2) is 30.3 Å². The molecule has 1 heterocycles. The normalized spacial score (nSPS) is 24.4. The largest absolute Gasteiger partial charge is 0.342 e. The molecule has 1 aliphatic rings. The fraction of sp³-hybridized carbons (Fsp3) is 0.533. The number of rotatable bonds is 4. The third-order valence-electron chi connectivity index (χ3n) is 3.75. The summed E-state index contributed by atoms with van der Waals surface area (Å²) in [7, 11) is 1.95. The van der Waals surface area contributed by atoms with Crippen molar-refractivity contribution in [3.8, 4) is 0 Å². The van der Waals surface area contributed by atoms with E-state index in [4.69, 9.17) is 0 Å². The Balaban J connectivity index is 2.01. The summed E-state index contributed by atoms with van der Waals surface area (Å²) in [5.74, 6) is 0.603. The second kappa shape index (κ2) is 5.35. The van der Waals surface area contributed by atoms with Crippen molar-refractivity contribution in [2.24, 2.45) is 5.92 Å². The van der Waals surface area contributed by atoms with Gasteiger partial charge in [0.25, 0.3) is 0 Å². The molecule has 2 atom stereocenters. The fourth-order valence-electron chi connectivity index (χ4n) is 2.75. The first-order chi connectivity index (χ1) is 8.22. The van der Waals surface area contributed by atoms with Crippen molar-refractivity contribution in [3.05, 3.63) is 35.9 Å². The van der Waals surface area contributed by atoms with E-state index in [1.807, 2.05) is 18.0 Å². The molecular weight excluding hydrogens is 210 g/mol. The lowest BCUT2D eigenvalue weighted by molar-refractivity contribution is -0.130. The molecule has 1 amide bonds. The van der Waals surface area contributed by atoms with E-state index in [2.05, 4.69) is 31.2 Å². The van der Waals surface area contributed by atoms with E-state index in [0.29, 0.717) is 11.9 Å². The molecule has 1 aliphatic heterocycles. The molecule has 0 saturated carbocycles. The standard InChI is InChI=1S/C15H21NO/c1-3-7-13-11-14(16(2)15(13)17)10-12-8-5-4-6-9-12/h4-6,8-9,13-14H,3,7,10-11H2,1-2H3/t13?,14-/m0/s1.